The molecule has 132 valence electrons. The third kappa shape index (κ3) is 4.35. The molecule has 2 aromatic rings. The van der Waals surface area contributed by atoms with E-state index in [0.717, 1.165) is 16.3 Å². The molecule has 0 fully saturated rings. The van der Waals surface area contributed by atoms with Crippen LogP contribution in [0.25, 0.3) is 0 Å². The molecule has 1 aliphatic rings. The van der Waals surface area contributed by atoms with Gasteiger partial charge in [-0.2, -0.15) is 5.10 Å². The normalized spacial score (nSPS) is 16.3. The average molecular weight is 380 g/mol. The molecule has 0 saturated heterocycles. The minimum absolute atomic E-state index is 0.0235. The van der Waals surface area contributed by atoms with Gasteiger partial charge in [0.05, 0.1) is 29.6 Å². The van der Waals surface area contributed by atoms with Crippen LogP contribution in [0.3, 0.4) is 0 Å². The molecule has 2 heterocycles. The van der Waals surface area contributed by atoms with Gasteiger partial charge in [-0.1, -0.05) is 11.6 Å². The number of aromatic nitrogens is 2. The summed E-state index contributed by atoms with van der Waals surface area (Å²) < 4.78 is 7.05. The second-order valence-corrected chi connectivity index (χ2v) is 7.49. The summed E-state index contributed by atoms with van der Waals surface area (Å²) >= 11 is 7.27. The number of carbonyl (C=O) groups excluding carboxylic acids is 2. The van der Waals surface area contributed by atoms with E-state index >= 15 is 0 Å². The van der Waals surface area contributed by atoms with Crippen molar-refractivity contribution >= 4 is 40.9 Å². The molecule has 1 aliphatic heterocycles. The zero-order valence-electron chi connectivity index (χ0n) is 13.9. The summed E-state index contributed by atoms with van der Waals surface area (Å²) in [6, 6.07) is 7.26. The first kappa shape index (κ1) is 17.8. The topological polar surface area (TPSA) is 73.2 Å². The monoisotopic (exact) mass is 379 g/mol. The summed E-state index contributed by atoms with van der Waals surface area (Å²) in [7, 11) is 0. The lowest BCUT2D eigenvalue weighted by Crippen LogP contribution is -2.31. The summed E-state index contributed by atoms with van der Waals surface area (Å²) in [5.41, 5.74) is 2.63. The average Bonchev–Trinajstić information content (AvgIpc) is 2.86. The second-order valence-electron chi connectivity index (χ2n) is 5.81. The molecule has 0 spiro atoms. The van der Waals surface area contributed by atoms with E-state index in [1.54, 1.807) is 16.8 Å². The van der Waals surface area contributed by atoms with E-state index in [0.29, 0.717) is 17.3 Å². The SMILES string of the molecule is Cc1cc(C)n(CCOC(=O)C[C@@H]2Sc3ccc(Cl)cc3NC2=O)n1. The molecular weight excluding hydrogens is 362 g/mol. The van der Waals surface area contributed by atoms with Crippen molar-refractivity contribution in [3.05, 3.63) is 40.7 Å². The molecular formula is C17H18ClN3O3S. The van der Waals surface area contributed by atoms with Crippen LogP contribution < -0.4 is 5.32 Å². The summed E-state index contributed by atoms with van der Waals surface area (Å²) in [5, 5.41) is 7.15. The van der Waals surface area contributed by atoms with Crippen LogP contribution in [0.15, 0.2) is 29.2 Å². The number of nitrogens with zero attached hydrogens (tertiary/aromatic N) is 2. The molecule has 1 N–H and O–H groups in total. The molecule has 1 aromatic carbocycles. The Morgan fingerprint density at radius 2 is 2.20 bits per heavy atom. The van der Waals surface area contributed by atoms with E-state index in [-0.39, 0.29) is 18.9 Å². The Bertz CT molecular complexity index is 821. The van der Waals surface area contributed by atoms with Crippen molar-refractivity contribution in [3.8, 4) is 0 Å². The first-order chi connectivity index (χ1) is 11.9. The van der Waals surface area contributed by atoms with Gasteiger partial charge in [0.25, 0.3) is 0 Å². The highest BCUT2D eigenvalue weighted by Gasteiger charge is 2.29. The highest BCUT2D eigenvalue weighted by Crippen LogP contribution is 2.38. The summed E-state index contributed by atoms with van der Waals surface area (Å²) in [4.78, 5) is 25.1. The minimum Gasteiger partial charge on any atom is -0.464 e. The molecule has 0 radical (unpaired) electrons. The van der Waals surface area contributed by atoms with Gasteiger partial charge in [-0.25, -0.2) is 0 Å². The number of aryl methyl sites for hydroxylation is 2. The van der Waals surface area contributed by atoms with E-state index in [1.165, 1.54) is 11.8 Å². The van der Waals surface area contributed by atoms with Gasteiger partial charge in [-0.3, -0.25) is 14.3 Å². The maximum absolute atomic E-state index is 12.1. The Morgan fingerprint density at radius 1 is 1.40 bits per heavy atom. The molecule has 0 aliphatic carbocycles. The predicted molar refractivity (Wildman–Crippen MR) is 97.0 cm³/mol. The minimum atomic E-state index is -0.505. The lowest BCUT2D eigenvalue weighted by atomic mass is 10.2. The van der Waals surface area contributed by atoms with E-state index < -0.39 is 11.2 Å². The zero-order valence-corrected chi connectivity index (χ0v) is 15.5. The largest absolute Gasteiger partial charge is 0.464 e. The molecule has 3 rings (SSSR count). The molecule has 0 bridgehead atoms. The standard InChI is InChI=1S/C17H18ClN3O3S/c1-10-7-11(2)21(20-10)5-6-24-16(22)9-15-17(23)19-13-8-12(18)3-4-14(13)25-15/h3-4,7-8,15H,5-6,9H2,1-2H3,(H,19,23)/t15-/m0/s1. The molecule has 0 unspecified atom stereocenters. The second kappa shape index (κ2) is 7.49. The molecule has 1 atom stereocenters. The van der Waals surface area contributed by atoms with Crippen LogP contribution in [-0.4, -0.2) is 33.5 Å². The number of ether oxygens (including phenoxy) is 1. The number of thioether (sulfide) groups is 1. The van der Waals surface area contributed by atoms with Crippen LogP contribution in [0.1, 0.15) is 17.8 Å². The molecule has 1 amide bonds. The Labute approximate surface area is 154 Å². The number of fused-ring (bicyclic) bond motifs is 1. The van der Waals surface area contributed by atoms with Crippen molar-refractivity contribution in [3.63, 3.8) is 0 Å². The maximum Gasteiger partial charge on any atom is 0.307 e. The van der Waals surface area contributed by atoms with E-state index in [9.17, 15) is 9.59 Å². The van der Waals surface area contributed by atoms with Crippen molar-refractivity contribution in [2.75, 3.05) is 11.9 Å². The summed E-state index contributed by atoms with van der Waals surface area (Å²) in [6.45, 7) is 4.59. The number of benzene rings is 1. The summed E-state index contributed by atoms with van der Waals surface area (Å²) in [5.74, 6) is -0.609. The number of halogens is 1. The Kier molecular flexibility index (Phi) is 5.34. The molecule has 1 aromatic heterocycles. The predicted octanol–water partition coefficient (Wildman–Crippen LogP) is 3.20. The third-order valence-electron chi connectivity index (χ3n) is 3.78. The fraction of sp³-hybridized carbons (Fsp3) is 0.353. The Morgan fingerprint density at radius 3 is 2.92 bits per heavy atom. The number of anilines is 1. The first-order valence-corrected chi connectivity index (χ1v) is 9.12. The van der Waals surface area contributed by atoms with Crippen LogP contribution in [0, 0.1) is 13.8 Å². The highest BCUT2D eigenvalue weighted by atomic mass is 35.5. The molecule has 0 saturated carbocycles. The van der Waals surface area contributed by atoms with Gasteiger partial charge in [-0.05, 0) is 38.1 Å². The van der Waals surface area contributed by atoms with E-state index in [1.807, 2.05) is 26.0 Å². The van der Waals surface area contributed by atoms with Gasteiger partial charge >= 0.3 is 5.97 Å². The Balaban J connectivity index is 1.52. The highest BCUT2D eigenvalue weighted by molar-refractivity contribution is 8.01. The fourth-order valence-electron chi connectivity index (χ4n) is 2.61. The lowest BCUT2D eigenvalue weighted by molar-refractivity contribution is -0.144. The van der Waals surface area contributed by atoms with Crippen LogP contribution in [0.5, 0.6) is 0 Å². The zero-order chi connectivity index (χ0) is 18.0. The molecule has 8 heteroatoms. The van der Waals surface area contributed by atoms with E-state index in [2.05, 4.69) is 10.4 Å². The van der Waals surface area contributed by atoms with Gasteiger partial charge in [0.15, 0.2) is 0 Å². The van der Waals surface area contributed by atoms with Crippen LogP contribution in [0.4, 0.5) is 5.69 Å². The van der Waals surface area contributed by atoms with Gasteiger partial charge in [0, 0.05) is 15.6 Å². The van der Waals surface area contributed by atoms with E-state index in [4.69, 9.17) is 16.3 Å². The molecule has 6 nitrogen and oxygen atoms in total. The van der Waals surface area contributed by atoms with Gasteiger partial charge in [0.1, 0.15) is 6.61 Å². The van der Waals surface area contributed by atoms with Crippen molar-refractivity contribution in [2.24, 2.45) is 0 Å². The molecule has 25 heavy (non-hydrogen) atoms. The number of rotatable bonds is 5. The first-order valence-electron chi connectivity index (χ1n) is 7.86. The van der Waals surface area contributed by atoms with Gasteiger partial charge in [0.2, 0.25) is 5.91 Å². The number of esters is 1. The number of amides is 1. The van der Waals surface area contributed by atoms with Gasteiger partial charge < -0.3 is 10.1 Å². The number of hydrogen-bond acceptors (Lipinski definition) is 5. The van der Waals surface area contributed by atoms with Crippen molar-refractivity contribution in [1.82, 2.24) is 9.78 Å². The fourth-order valence-corrected chi connectivity index (χ4v) is 3.86. The van der Waals surface area contributed by atoms with Gasteiger partial charge in [-0.15, -0.1) is 11.8 Å². The van der Waals surface area contributed by atoms with Crippen molar-refractivity contribution in [1.29, 1.82) is 0 Å². The quantitative estimate of drug-likeness (QED) is 0.807. The number of nitrogens with one attached hydrogen (secondary N) is 1. The lowest BCUT2D eigenvalue weighted by Gasteiger charge is -2.23. The number of hydrogen-bond donors (Lipinski definition) is 1. The van der Waals surface area contributed by atoms with Crippen LogP contribution >= 0.6 is 23.4 Å². The Hall–Kier alpha value is -1.99. The van der Waals surface area contributed by atoms with Crippen LogP contribution in [0.2, 0.25) is 5.02 Å². The van der Waals surface area contributed by atoms with Crippen LogP contribution in [-0.2, 0) is 20.9 Å². The summed E-state index contributed by atoms with van der Waals surface area (Å²) in [6.07, 6.45) is 0.0235. The number of carbonyl (C=O) groups is 2. The smallest absolute Gasteiger partial charge is 0.307 e. The van der Waals surface area contributed by atoms with Crippen molar-refractivity contribution < 1.29 is 14.3 Å². The van der Waals surface area contributed by atoms with Crippen molar-refractivity contribution in [2.45, 2.75) is 37.0 Å². The third-order valence-corrected chi connectivity index (χ3v) is 5.29. The maximum atomic E-state index is 12.1.